The fourth-order valence-electron chi connectivity index (χ4n) is 2.88. The summed E-state index contributed by atoms with van der Waals surface area (Å²) in [5.41, 5.74) is 1.18. The van der Waals surface area contributed by atoms with Crippen LogP contribution in [-0.2, 0) is 20.7 Å². The molecule has 0 aliphatic heterocycles. The number of amides is 1. The van der Waals surface area contributed by atoms with Crippen molar-refractivity contribution in [2.24, 2.45) is 0 Å². The van der Waals surface area contributed by atoms with Gasteiger partial charge in [0.2, 0.25) is 0 Å². The van der Waals surface area contributed by atoms with Gasteiger partial charge in [0.15, 0.2) is 18.3 Å². The van der Waals surface area contributed by atoms with Crippen LogP contribution in [0.5, 0.6) is 0 Å². The van der Waals surface area contributed by atoms with E-state index < -0.39 is 18.5 Å². The number of carbonyl (C=O) groups is 2. The highest BCUT2D eigenvalue weighted by atomic mass is 35.5. The molecule has 0 unspecified atom stereocenters. The van der Waals surface area contributed by atoms with Gasteiger partial charge in [-0.2, -0.15) is 5.26 Å². The van der Waals surface area contributed by atoms with E-state index in [1.54, 1.807) is 36.4 Å². The molecule has 164 valence electrons. The van der Waals surface area contributed by atoms with E-state index in [0.29, 0.717) is 27.9 Å². The number of hydrogen-bond acceptors (Lipinski definition) is 6. The molecule has 3 rings (SSSR count). The molecule has 0 spiro atoms. The van der Waals surface area contributed by atoms with Crippen molar-refractivity contribution in [3.8, 4) is 17.4 Å². The molecule has 9 heteroatoms. The predicted molar refractivity (Wildman–Crippen MR) is 115 cm³/mol. The Kier molecular flexibility index (Phi) is 7.95. The number of hydrogen-bond donors (Lipinski definition) is 0. The highest BCUT2D eigenvalue weighted by Crippen LogP contribution is 2.22. The SMILES string of the molecule is N#CCCN(C(=O)COC(=O)CCc1ncc(-c2ccc(F)cc2)o1)c1cccc(Cl)c1. The molecule has 0 N–H and O–H groups in total. The third-order valence-corrected chi connectivity index (χ3v) is 4.69. The fourth-order valence-corrected chi connectivity index (χ4v) is 3.06. The second kappa shape index (κ2) is 11.1. The molecule has 2 aromatic carbocycles. The summed E-state index contributed by atoms with van der Waals surface area (Å²) in [6.07, 6.45) is 1.76. The molecule has 0 atom stereocenters. The van der Waals surface area contributed by atoms with Crippen molar-refractivity contribution in [1.82, 2.24) is 4.98 Å². The van der Waals surface area contributed by atoms with Crippen molar-refractivity contribution < 1.29 is 23.1 Å². The number of benzene rings is 2. The van der Waals surface area contributed by atoms with E-state index in [0.717, 1.165) is 0 Å². The lowest BCUT2D eigenvalue weighted by atomic mass is 10.2. The minimum Gasteiger partial charge on any atom is -0.456 e. The molecule has 0 aliphatic carbocycles. The van der Waals surface area contributed by atoms with Crippen LogP contribution < -0.4 is 4.90 Å². The molecule has 0 bridgehead atoms. The second-order valence-corrected chi connectivity index (χ2v) is 7.16. The summed E-state index contributed by atoms with van der Waals surface area (Å²) >= 11 is 5.98. The van der Waals surface area contributed by atoms with Crippen LogP contribution in [0.2, 0.25) is 5.02 Å². The molecule has 0 fully saturated rings. The number of nitriles is 1. The Bertz CT molecular complexity index is 1120. The lowest BCUT2D eigenvalue weighted by Gasteiger charge is -2.21. The number of aromatic nitrogens is 1. The third kappa shape index (κ3) is 6.40. The molecule has 7 nitrogen and oxygen atoms in total. The first kappa shape index (κ1) is 23.0. The van der Waals surface area contributed by atoms with Gasteiger partial charge >= 0.3 is 5.97 Å². The van der Waals surface area contributed by atoms with E-state index >= 15 is 0 Å². The van der Waals surface area contributed by atoms with E-state index in [2.05, 4.69) is 4.98 Å². The van der Waals surface area contributed by atoms with Crippen molar-refractivity contribution in [2.45, 2.75) is 19.3 Å². The molecule has 0 radical (unpaired) electrons. The number of halogens is 2. The van der Waals surface area contributed by atoms with Gasteiger partial charge in [0, 0.05) is 29.2 Å². The normalized spacial score (nSPS) is 10.4. The zero-order valence-electron chi connectivity index (χ0n) is 17.0. The van der Waals surface area contributed by atoms with Crippen molar-refractivity contribution >= 4 is 29.2 Å². The molecule has 1 aromatic heterocycles. The van der Waals surface area contributed by atoms with Gasteiger partial charge in [-0.3, -0.25) is 9.59 Å². The Balaban J connectivity index is 1.52. The number of oxazole rings is 1. The largest absolute Gasteiger partial charge is 0.456 e. The first-order valence-corrected chi connectivity index (χ1v) is 10.1. The van der Waals surface area contributed by atoms with E-state index in [9.17, 15) is 14.0 Å². The summed E-state index contributed by atoms with van der Waals surface area (Å²) in [6.45, 7) is -0.321. The Labute approximate surface area is 189 Å². The van der Waals surface area contributed by atoms with Crippen LogP contribution in [0.3, 0.4) is 0 Å². The van der Waals surface area contributed by atoms with Crippen molar-refractivity contribution in [3.63, 3.8) is 0 Å². The van der Waals surface area contributed by atoms with Gasteiger partial charge in [-0.15, -0.1) is 0 Å². The van der Waals surface area contributed by atoms with Crippen LogP contribution in [0.15, 0.2) is 59.1 Å². The molecule has 0 saturated carbocycles. The van der Waals surface area contributed by atoms with Crippen LogP contribution in [0.25, 0.3) is 11.3 Å². The van der Waals surface area contributed by atoms with Crippen molar-refractivity contribution in [2.75, 3.05) is 18.1 Å². The summed E-state index contributed by atoms with van der Waals surface area (Å²) in [4.78, 5) is 30.1. The minimum atomic E-state index is -0.591. The average molecular weight is 456 g/mol. The number of anilines is 1. The smallest absolute Gasteiger partial charge is 0.306 e. The van der Waals surface area contributed by atoms with Gasteiger partial charge in [-0.05, 0) is 42.5 Å². The monoisotopic (exact) mass is 455 g/mol. The molecule has 0 saturated heterocycles. The molecule has 0 aliphatic rings. The summed E-state index contributed by atoms with van der Waals surface area (Å²) in [5.74, 6) is -0.635. The Morgan fingerprint density at radius 3 is 2.72 bits per heavy atom. The van der Waals surface area contributed by atoms with Crippen LogP contribution >= 0.6 is 11.6 Å². The average Bonchev–Trinajstić information content (AvgIpc) is 3.26. The van der Waals surface area contributed by atoms with Crippen LogP contribution in [0.1, 0.15) is 18.7 Å². The number of nitrogens with zero attached hydrogens (tertiary/aromatic N) is 3. The molecule has 1 amide bonds. The maximum absolute atomic E-state index is 13.0. The maximum Gasteiger partial charge on any atom is 0.306 e. The zero-order chi connectivity index (χ0) is 22.9. The number of ether oxygens (including phenoxy) is 1. The zero-order valence-corrected chi connectivity index (χ0v) is 17.7. The quantitative estimate of drug-likeness (QED) is 0.439. The van der Waals surface area contributed by atoms with Gasteiger partial charge in [-0.25, -0.2) is 9.37 Å². The Morgan fingerprint density at radius 2 is 2.00 bits per heavy atom. The Morgan fingerprint density at radius 1 is 1.22 bits per heavy atom. The van der Waals surface area contributed by atoms with E-state index in [-0.39, 0.29) is 31.6 Å². The summed E-state index contributed by atoms with van der Waals surface area (Å²) < 4.78 is 23.7. The van der Waals surface area contributed by atoms with Crippen LogP contribution in [0.4, 0.5) is 10.1 Å². The highest BCUT2D eigenvalue weighted by Gasteiger charge is 2.18. The van der Waals surface area contributed by atoms with Crippen molar-refractivity contribution in [1.29, 1.82) is 5.26 Å². The van der Waals surface area contributed by atoms with Crippen molar-refractivity contribution in [3.05, 3.63) is 71.5 Å². The van der Waals surface area contributed by atoms with E-state index in [1.807, 2.05) is 6.07 Å². The maximum atomic E-state index is 13.0. The highest BCUT2D eigenvalue weighted by molar-refractivity contribution is 6.30. The third-order valence-electron chi connectivity index (χ3n) is 4.45. The topological polar surface area (TPSA) is 96.4 Å². The fraction of sp³-hybridized carbons (Fsp3) is 0.217. The molecular formula is C23H19ClFN3O4. The van der Waals surface area contributed by atoms with Gasteiger partial charge < -0.3 is 14.1 Å². The van der Waals surface area contributed by atoms with Gasteiger partial charge in [0.05, 0.1) is 25.1 Å². The van der Waals surface area contributed by atoms with Crippen LogP contribution in [-0.4, -0.2) is 30.0 Å². The summed E-state index contributed by atoms with van der Waals surface area (Å²) in [7, 11) is 0. The predicted octanol–water partition coefficient (Wildman–Crippen LogP) is 4.56. The standard InChI is InChI=1S/C23H19ClFN3O4/c24-17-3-1-4-19(13-17)28(12-2-11-26)22(29)15-31-23(30)10-9-21-27-14-20(32-21)16-5-7-18(25)8-6-16/h1,3-8,13-14H,2,9-10,12,15H2. The number of aryl methyl sites for hydroxylation is 1. The number of esters is 1. The summed E-state index contributed by atoms with van der Waals surface area (Å²) in [5, 5.41) is 9.30. The lowest BCUT2D eigenvalue weighted by Crippen LogP contribution is -2.35. The molecule has 32 heavy (non-hydrogen) atoms. The van der Waals surface area contributed by atoms with E-state index in [1.165, 1.54) is 23.2 Å². The summed E-state index contributed by atoms with van der Waals surface area (Å²) in [6, 6.07) is 14.4. The Hall–Kier alpha value is -3.70. The van der Waals surface area contributed by atoms with Crippen LogP contribution in [0, 0.1) is 17.1 Å². The molecule has 1 heterocycles. The lowest BCUT2D eigenvalue weighted by molar-refractivity contribution is -0.147. The number of carbonyl (C=O) groups excluding carboxylic acids is 2. The van der Waals surface area contributed by atoms with E-state index in [4.69, 9.17) is 26.0 Å². The first-order chi connectivity index (χ1) is 15.5. The van der Waals surface area contributed by atoms with Gasteiger partial charge in [0.1, 0.15) is 5.82 Å². The second-order valence-electron chi connectivity index (χ2n) is 6.72. The minimum absolute atomic E-state index is 0.0357. The molecular weight excluding hydrogens is 437 g/mol. The van der Waals surface area contributed by atoms with Gasteiger partial charge in [-0.1, -0.05) is 17.7 Å². The number of rotatable bonds is 9. The first-order valence-electron chi connectivity index (χ1n) is 9.75. The molecule has 3 aromatic rings. The van der Waals surface area contributed by atoms with Gasteiger partial charge in [0.25, 0.3) is 5.91 Å².